The van der Waals surface area contributed by atoms with Crippen molar-refractivity contribution < 1.29 is 4.74 Å². The first-order valence-corrected chi connectivity index (χ1v) is 31.3. The fourth-order valence-electron chi connectivity index (χ4n) is 13.8. The van der Waals surface area contributed by atoms with E-state index < -0.39 is 5.41 Å². The van der Waals surface area contributed by atoms with Gasteiger partial charge in [-0.15, -0.1) is 0 Å². The summed E-state index contributed by atoms with van der Waals surface area (Å²) >= 11 is 0. The summed E-state index contributed by atoms with van der Waals surface area (Å²) < 4.78 is 9.90. The maximum Gasteiger partial charge on any atom is 0.137 e. The van der Waals surface area contributed by atoms with Crippen LogP contribution >= 0.6 is 0 Å². The number of para-hydroxylation sites is 3. The van der Waals surface area contributed by atoms with Crippen molar-refractivity contribution in [2.24, 2.45) is 0 Å². The first-order chi connectivity index (χ1) is 42.1. The zero-order valence-corrected chi connectivity index (χ0v) is 53.0. The highest BCUT2D eigenvalue weighted by Crippen LogP contribution is 2.59. The minimum atomic E-state index is -0.772. The molecule has 3 heterocycles. The first kappa shape index (κ1) is 56.4. The van der Waals surface area contributed by atoms with Crippen LogP contribution in [0, 0.1) is 0 Å². The zero-order valence-electron chi connectivity index (χ0n) is 53.0. The molecule has 14 rings (SSSR count). The van der Waals surface area contributed by atoms with Gasteiger partial charge in [0.2, 0.25) is 0 Å². The van der Waals surface area contributed by atoms with Gasteiger partial charge in [0.05, 0.1) is 33.5 Å². The van der Waals surface area contributed by atoms with Crippen LogP contribution in [-0.4, -0.2) is 16.2 Å². The van der Waals surface area contributed by atoms with Gasteiger partial charge >= 0.3 is 0 Å². The van der Waals surface area contributed by atoms with Crippen LogP contribution in [0.3, 0.4) is 0 Å². The van der Waals surface area contributed by atoms with E-state index in [9.17, 15) is 0 Å². The summed E-state index contributed by atoms with van der Waals surface area (Å²) in [5.74, 6) is 2.36. The van der Waals surface area contributed by atoms with E-state index in [0.29, 0.717) is 6.67 Å². The van der Waals surface area contributed by atoms with E-state index >= 15 is 0 Å². The normalized spacial score (nSPS) is 13.9. The van der Waals surface area contributed by atoms with Crippen molar-refractivity contribution in [2.75, 3.05) is 16.5 Å². The minimum Gasteiger partial charge on any atom is -0.457 e. The Labute approximate surface area is 520 Å². The lowest BCUT2D eigenvalue weighted by Crippen LogP contribution is -2.31. The standard InChI is InChI=1S/C83H78N4O/c1-79(2,3)56-41-42-84-77(50-56)87-73-36-24-21-33-67(73)68-40-39-63(52-76(68)87)88-64-47-61(83(60-44-57(80(4,5)6)43-58(45-60)81(7,8)9)71-34-22-19-31-65(71)66-32-20-23-35-72(66)83)46-62(51-64)85-53-86(75-38-26-25-37-74(75)85)78-69(54-27-15-13-16-28-54)48-59(82(10,11)12)49-70(78)55-29-17-14-18-30-55/h13-52H,53H2,1-12H3. The van der Waals surface area contributed by atoms with Crippen LogP contribution in [0.4, 0.5) is 22.7 Å². The summed E-state index contributed by atoms with van der Waals surface area (Å²) in [6.45, 7) is 28.4. The van der Waals surface area contributed by atoms with Gasteiger partial charge in [0.15, 0.2) is 0 Å². The van der Waals surface area contributed by atoms with E-state index in [-0.39, 0.29) is 21.7 Å². The second-order valence-corrected chi connectivity index (χ2v) is 28.5. The van der Waals surface area contributed by atoms with Crippen molar-refractivity contribution in [3.8, 4) is 50.7 Å². The zero-order chi connectivity index (χ0) is 61.1. The molecule has 0 amide bonds. The number of nitrogens with zero attached hydrogens (tertiary/aromatic N) is 4. The molecule has 1 aliphatic carbocycles. The average Bonchev–Trinajstić information content (AvgIpc) is 1.79. The lowest BCUT2D eigenvalue weighted by atomic mass is 9.65. The molecule has 10 aromatic carbocycles. The van der Waals surface area contributed by atoms with Crippen LogP contribution < -0.4 is 14.5 Å². The maximum atomic E-state index is 7.59. The Balaban J connectivity index is 1.04. The fourth-order valence-corrected chi connectivity index (χ4v) is 13.8. The topological polar surface area (TPSA) is 33.5 Å². The van der Waals surface area contributed by atoms with Crippen molar-refractivity contribution in [1.29, 1.82) is 0 Å². The Morgan fingerprint density at radius 2 is 0.875 bits per heavy atom. The van der Waals surface area contributed by atoms with Crippen LogP contribution in [0.15, 0.2) is 243 Å². The Kier molecular flexibility index (Phi) is 13.4. The highest BCUT2D eigenvalue weighted by Gasteiger charge is 2.48. The van der Waals surface area contributed by atoms with E-state index in [1.165, 1.54) is 83.4 Å². The monoisotopic (exact) mass is 1150 g/mol. The Bertz CT molecular complexity index is 4540. The quantitative estimate of drug-likeness (QED) is 0.144. The maximum absolute atomic E-state index is 7.59. The summed E-state index contributed by atoms with van der Waals surface area (Å²) in [6.07, 6.45) is 1.95. The van der Waals surface area contributed by atoms with Crippen LogP contribution in [-0.2, 0) is 27.1 Å². The number of anilines is 4. The predicted molar refractivity (Wildman–Crippen MR) is 370 cm³/mol. The minimum absolute atomic E-state index is 0.0638. The molecule has 2 aliphatic rings. The van der Waals surface area contributed by atoms with Gasteiger partial charge in [0.1, 0.15) is 24.0 Å². The van der Waals surface area contributed by atoms with Gasteiger partial charge in [-0.3, -0.25) is 4.57 Å². The number of pyridine rings is 1. The summed E-state index contributed by atoms with van der Waals surface area (Å²) in [7, 11) is 0. The molecule has 88 heavy (non-hydrogen) atoms. The lowest BCUT2D eigenvalue weighted by molar-refractivity contribution is 0.481. The van der Waals surface area contributed by atoms with Crippen molar-refractivity contribution in [1.82, 2.24) is 9.55 Å². The van der Waals surface area contributed by atoms with E-state index in [1.54, 1.807) is 0 Å². The largest absolute Gasteiger partial charge is 0.457 e. The van der Waals surface area contributed by atoms with E-state index in [2.05, 4.69) is 334 Å². The molecule has 2 aromatic heterocycles. The van der Waals surface area contributed by atoms with Crippen molar-refractivity contribution in [2.45, 2.75) is 110 Å². The first-order valence-electron chi connectivity index (χ1n) is 31.3. The number of aromatic nitrogens is 2. The second-order valence-electron chi connectivity index (χ2n) is 28.5. The molecule has 0 N–H and O–H groups in total. The number of ether oxygens (including phenoxy) is 1. The third kappa shape index (κ3) is 9.58. The smallest absolute Gasteiger partial charge is 0.137 e. The van der Waals surface area contributed by atoms with Crippen LogP contribution in [0.2, 0.25) is 0 Å². The van der Waals surface area contributed by atoms with Crippen molar-refractivity contribution >= 4 is 44.6 Å². The van der Waals surface area contributed by atoms with Crippen LogP contribution in [0.25, 0.3) is 61.0 Å². The van der Waals surface area contributed by atoms with Crippen LogP contribution in [0.1, 0.15) is 128 Å². The van der Waals surface area contributed by atoms with E-state index in [1.807, 2.05) is 6.20 Å². The van der Waals surface area contributed by atoms with Gasteiger partial charge in [-0.2, -0.15) is 0 Å². The molecule has 0 radical (unpaired) electrons. The number of hydrogen-bond acceptors (Lipinski definition) is 4. The molecule has 0 atom stereocenters. The summed E-state index contributed by atoms with van der Waals surface area (Å²) in [4.78, 5) is 10.1. The summed E-state index contributed by atoms with van der Waals surface area (Å²) in [5, 5.41) is 2.31. The SMILES string of the molecule is CC(C)(C)c1cc(C(C)(C)C)cc(C2(c3cc(Oc4ccc5c6ccccc6n(-c6cc(C(C)(C)C)ccn6)c5c4)cc(N4CN(c5c(-c6ccccc6)cc(C(C)(C)C)cc5-c5ccccc5)c5ccccc54)c3)c3ccccc3-c3ccccc32)c1. The van der Waals surface area contributed by atoms with Crippen LogP contribution in [0.5, 0.6) is 11.5 Å². The third-order valence-corrected chi connectivity index (χ3v) is 18.6. The van der Waals surface area contributed by atoms with E-state index in [4.69, 9.17) is 9.72 Å². The van der Waals surface area contributed by atoms with E-state index in [0.717, 1.165) is 56.4 Å². The molecule has 0 bridgehead atoms. The molecule has 0 saturated heterocycles. The summed E-state index contributed by atoms with van der Waals surface area (Å²) in [5.41, 5.74) is 22.6. The molecule has 5 nitrogen and oxygen atoms in total. The highest BCUT2D eigenvalue weighted by atomic mass is 16.5. The molecule has 0 saturated carbocycles. The molecule has 5 heteroatoms. The molecule has 1 aliphatic heterocycles. The number of benzene rings is 10. The van der Waals surface area contributed by atoms with Crippen molar-refractivity contribution in [3.63, 3.8) is 0 Å². The lowest BCUT2D eigenvalue weighted by Gasteiger charge is -2.37. The molecule has 0 unspecified atom stereocenters. The number of fused-ring (bicyclic) bond motifs is 7. The molecular weight excluding hydrogens is 1070 g/mol. The Morgan fingerprint density at radius 1 is 0.375 bits per heavy atom. The molecular formula is C83H78N4O. The van der Waals surface area contributed by atoms with Gasteiger partial charge in [0.25, 0.3) is 0 Å². The Morgan fingerprint density at radius 3 is 1.47 bits per heavy atom. The molecule has 12 aromatic rings. The van der Waals surface area contributed by atoms with Gasteiger partial charge in [-0.1, -0.05) is 241 Å². The predicted octanol–water partition coefficient (Wildman–Crippen LogP) is 22.1. The average molecular weight is 1150 g/mol. The summed E-state index contributed by atoms with van der Waals surface area (Å²) in [6, 6.07) is 88.3. The molecule has 0 spiro atoms. The second kappa shape index (κ2) is 20.9. The van der Waals surface area contributed by atoms with Gasteiger partial charge in [0, 0.05) is 45.9 Å². The number of rotatable bonds is 9. The Hall–Kier alpha value is -9.45. The molecule has 0 fully saturated rings. The van der Waals surface area contributed by atoms with Gasteiger partial charge < -0.3 is 14.5 Å². The fraction of sp³-hybridized carbons (Fsp3) is 0.217. The van der Waals surface area contributed by atoms with Gasteiger partial charge in [-0.25, -0.2) is 4.98 Å². The number of hydrogen-bond donors (Lipinski definition) is 0. The van der Waals surface area contributed by atoms with Gasteiger partial charge in [-0.05, 0) is 155 Å². The third-order valence-electron chi connectivity index (χ3n) is 18.6. The molecule has 436 valence electrons. The van der Waals surface area contributed by atoms with Crippen molar-refractivity contribution in [3.05, 3.63) is 287 Å². The highest BCUT2D eigenvalue weighted by molar-refractivity contribution is 6.09.